The van der Waals surface area contributed by atoms with Crippen molar-refractivity contribution in [3.05, 3.63) is 75.3 Å². The lowest BCUT2D eigenvalue weighted by atomic mass is 10.1. The summed E-state index contributed by atoms with van der Waals surface area (Å²) < 4.78 is 38.8. The Kier molecular flexibility index (Phi) is 4.34. The summed E-state index contributed by atoms with van der Waals surface area (Å²) in [6.07, 6.45) is -3.26. The quantitative estimate of drug-likeness (QED) is 0.659. The maximum absolute atomic E-state index is 12.5. The minimum Gasteiger partial charge on any atom is -0.292 e. The number of hydrogen-bond acceptors (Lipinski definition) is 3. The van der Waals surface area contributed by atoms with Crippen LogP contribution >= 0.6 is 11.6 Å². The van der Waals surface area contributed by atoms with Crippen molar-refractivity contribution in [1.29, 1.82) is 0 Å². The van der Waals surface area contributed by atoms with Crippen LogP contribution in [0.3, 0.4) is 0 Å². The molecule has 2 aromatic carbocycles. The third kappa shape index (κ3) is 3.56. The van der Waals surface area contributed by atoms with Crippen molar-refractivity contribution in [3.63, 3.8) is 0 Å². The van der Waals surface area contributed by atoms with Gasteiger partial charge in [0, 0.05) is 10.6 Å². The van der Waals surface area contributed by atoms with Crippen molar-refractivity contribution in [2.75, 3.05) is 0 Å². The van der Waals surface area contributed by atoms with Crippen LogP contribution in [0.2, 0.25) is 5.02 Å². The van der Waals surface area contributed by atoms with Gasteiger partial charge in [0.05, 0.1) is 29.3 Å². The number of aromatic nitrogens is 2. The Labute approximate surface area is 144 Å². The van der Waals surface area contributed by atoms with Gasteiger partial charge in [0.1, 0.15) is 0 Å². The van der Waals surface area contributed by atoms with Gasteiger partial charge in [0.2, 0.25) is 0 Å². The second-order valence-corrected chi connectivity index (χ2v) is 5.77. The summed E-state index contributed by atoms with van der Waals surface area (Å²) in [6, 6.07) is 8.41. The van der Waals surface area contributed by atoms with E-state index in [0.29, 0.717) is 15.9 Å². The van der Waals surface area contributed by atoms with Crippen LogP contribution in [-0.2, 0) is 12.7 Å². The Morgan fingerprint density at radius 2 is 1.80 bits per heavy atom. The average Bonchev–Trinajstić information content (AvgIpc) is 2.56. The van der Waals surface area contributed by atoms with Gasteiger partial charge >= 0.3 is 6.18 Å². The molecular weight excluding hydrogens is 357 g/mol. The number of nitrogens with zero attached hydrogens (tertiary/aromatic N) is 2. The molecule has 8 heteroatoms. The molecule has 0 amide bonds. The summed E-state index contributed by atoms with van der Waals surface area (Å²) in [7, 11) is 0. The zero-order valence-corrected chi connectivity index (χ0v) is 13.3. The normalized spacial score (nSPS) is 11.7. The number of hydrogen-bond donors (Lipinski definition) is 0. The number of Topliss-reactive ketones (excluding diaryl/α,β-unsaturated/α-hetero) is 1. The molecule has 0 N–H and O–H groups in total. The molecular formula is C17H10ClF3N2O2. The molecule has 0 aliphatic carbocycles. The third-order valence-electron chi connectivity index (χ3n) is 3.64. The van der Waals surface area contributed by atoms with Crippen molar-refractivity contribution >= 4 is 28.3 Å². The van der Waals surface area contributed by atoms with Crippen LogP contribution in [-0.4, -0.2) is 15.3 Å². The van der Waals surface area contributed by atoms with Gasteiger partial charge in [-0.1, -0.05) is 23.7 Å². The second-order valence-electron chi connectivity index (χ2n) is 5.34. The van der Waals surface area contributed by atoms with Crippen LogP contribution in [0.25, 0.3) is 10.9 Å². The van der Waals surface area contributed by atoms with Gasteiger partial charge in [-0.2, -0.15) is 13.2 Å². The summed E-state index contributed by atoms with van der Waals surface area (Å²) in [4.78, 5) is 28.7. The summed E-state index contributed by atoms with van der Waals surface area (Å²) in [5.41, 5.74) is -0.792. The van der Waals surface area contributed by atoms with E-state index in [0.717, 1.165) is 28.8 Å². The minimum atomic E-state index is -4.47. The van der Waals surface area contributed by atoms with Gasteiger partial charge in [-0.25, -0.2) is 4.98 Å². The summed E-state index contributed by atoms with van der Waals surface area (Å²) in [5, 5.41) is 0.727. The van der Waals surface area contributed by atoms with Crippen molar-refractivity contribution < 1.29 is 18.0 Å². The van der Waals surface area contributed by atoms with Crippen molar-refractivity contribution in [1.82, 2.24) is 9.55 Å². The highest BCUT2D eigenvalue weighted by atomic mass is 35.5. The van der Waals surface area contributed by atoms with Gasteiger partial charge in [0.25, 0.3) is 5.56 Å². The van der Waals surface area contributed by atoms with Crippen LogP contribution in [0.4, 0.5) is 13.2 Å². The average molecular weight is 367 g/mol. The number of ketones is 1. The molecule has 4 nitrogen and oxygen atoms in total. The predicted octanol–water partition coefficient (Wildman–Crippen LogP) is 3.95. The van der Waals surface area contributed by atoms with E-state index in [1.807, 2.05) is 0 Å². The molecule has 0 aliphatic heterocycles. The highest BCUT2D eigenvalue weighted by molar-refractivity contribution is 6.31. The van der Waals surface area contributed by atoms with Gasteiger partial charge in [-0.3, -0.25) is 14.2 Å². The number of fused-ring (bicyclic) bond motifs is 1. The predicted molar refractivity (Wildman–Crippen MR) is 86.8 cm³/mol. The van der Waals surface area contributed by atoms with E-state index in [-0.39, 0.29) is 12.1 Å². The minimum absolute atomic E-state index is 0.0797. The molecule has 1 aromatic heterocycles. The van der Waals surface area contributed by atoms with Gasteiger partial charge in [0.15, 0.2) is 5.78 Å². The van der Waals surface area contributed by atoms with E-state index < -0.39 is 23.1 Å². The molecule has 0 aliphatic rings. The molecule has 0 atom stereocenters. The Morgan fingerprint density at radius 3 is 2.44 bits per heavy atom. The zero-order chi connectivity index (χ0) is 18.2. The maximum atomic E-state index is 12.5. The number of benzene rings is 2. The molecule has 25 heavy (non-hydrogen) atoms. The summed E-state index contributed by atoms with van der Waals surface area (Å²) in [5.74, 6) is -0.495. The first-order valence-electron chi connectivity index (χ1n) is 7.11. The third-order valence-corrected chi connectivity index (χ3v) is 3.87. The molecule has 0 spiro atoms. The Hall–Kier alpha value is -2.67. The Morgan fingerprint density at radius 1 is 1.12 bits per heavy atom. The van der Waals surface area contributed by atoms with Gasteiger partial charge in [-0.15, -0.1) is 0 Å². The van der Waals surface area contributed by atoms with Gasteiger partial charge in [-0.05, 0) is 30.3 Å². The largest absolute Gasteiger partial charge is 0.416 e. The molecule has 0 fully saturated rings. The summed E-state index contributed by atoms with van der Waals surface area (Å²) in [6.45, 7) is -0.324. The van der Waals surface area contributed by atoms with Crippen molar-refractivity contribution in [3.8, 4) is 0 Å². The molecule has 0 saturated carbocycles. The van der Waals surface area contributed by atoms with Crippen LogP contribution in [0.15, 0.2) is 53.6 Å². The number of alkyl halides is 3. The van der Waals surface area contributed by atoms with E-state index in [9.17, 15) is 22.8 Å². The van der Waals surface area contributed by atoms with E-state index in [2.05, 4.69) is 4.98 Å². The SMILES string of the molecule is O=C(Cn1cnc2cc(Cl)ccc2c1=O)c1ccc(C(F)(F)F)cc1. The van der Waals surface area contributed by atoms with Crippen LogP contribution in [0.1, 0.15) is 15.9 Å². The molecule has 0 bridgehead atoms. The maximum Gasteiger partial charge on any atom is 0.416 e. The zero-order valence-electron chi connectivity index (χ0n) is 12.5. The fourth-order valence-corrected chi connectivity index (χ4v) is 2.50. The molecule has 0 radical (unpaired) electrons. The van der Waals surface area contributed by atoms with E-state index in [1.54, 1.807) is 0 Å². The molecule has 3 aromatic rings. The first-order valence-corrected chi connectivity index (χ1v) is 7.48. The lowest BCUT2D eigenvalue weighted by molar-refractivity contribution is -0.137. The topological polar surface area (TPSA) is 52.0 Å². The molecule has 3 rings (SSSR count). The molecule has 1 heterocycles. The number of rotatable bonds is 3. The van der Waals surface area contributed by atoms with E-state index in [1.165, 1.54) is 24.5 Å². The van der Waals surface area contributed by atoms with Crippen molar-refractivity contribution in [2.24, 2.45) is 0 Å². The van der Waals surface area contributed by atoms with E-state index in [4.69, 9.17) is 11.6 Å². The van der Waals surface area contributed by atoms with E-state index >= 15 is 0 Å². The van der Waals surface area contributed by atoms with Crippen LogP contribution in [0, 0.1) is 0 Å². The first kappa shape index (κ1) is 17.2. The second kappa shape index (κ2) is 6.33. The standard InChI is InChI=1S/C17H10ClF3N2O2/c18-12-5-6-13-14(7-12)22-9-23(16(13)25)8-15(24)10-1-3-11(4-2-10)17(19,20)21/h1-7,9H,8H2. The summed E-state index contributed by atoms with van der Waals surface area (Å²) >= 11 is 5.84. The molecule has 128 valence electrons. The highest BCUT2D eigenvalue weighted by Gasteiger charge is 2.30. The lowest BCUT2D eigenvalue weighted by Crippen LogP contribution is -2.24. The Balaban J connectivity index is 1.88. The van der Waals surface area contributed by atoms with Gasteiger partial charge < -0.3 is 0 Å². The lowest BCUT2D eigenvalue weighted by Gasteiger charge is -2.08. The fourth-order valence-electron chi connectivity index (χ4n) is 2.34. The number of carbonyl (C=O) groups is 1. The number of carbonyl (C=O) groups excluding carboxylic acids is 1. The molecule has 0 saturated heterocycles. The van der Waals surface area contributed by atoms with Crippen LogP contribution < -0.4 is 5.56 Å². The Bertz CT molecular complexity index is 1010. The number of halogens is 4. The van der Waals surface area contributed by atoms with Crippen molar-refractivity contribution in [2.45, 2.75) is 12.7 Å². The highest BCUT2D eigenvalue weighted by Crippen LogP contribution is 2.29. The first-order chi connectivity index (χ1) is 11.8. The van der Waals surface area contributed by atoms with Crippen LogP contribution in [0.5, 0.6) is 0 Å². The molecule has 0 unspecified atom stereocenters. The monoisotopic (exact) mass is 366 g/mol. The fraction of sp³-hybridized carbons (Fsp3) is 0.118. The smallest absolute Gasteiger partial charge is 0.292 e.